The number of imidazole rings is 1. The normalized spacial score (nSPS) is 12.3. The number of carbonyl (C=O) groups excluding carboxylic acids is 1. The molecule has 148 valence electrons. The molecule has 4 rings (SSSR count). The molecule has 8 heteroatoms. The number of fused-ring (bicyclic) bond motifs is 1. The Bertz CT molecular complexity index is 1180. The topological polar surface area (TPSA) is 72.4 Å². The Kier molecular flexibility index (Phi) is 4.84. The number of hydrogen-bond donors (Lipinski definition) is 1. The van der Waals surface area contributed by atoms with Crippen molar-refractivity contribution in [3.63, 3.8) is 0 Å². The fourth-order valence-corrected chi connectivity index (χ4v) is 3.13. The van der Waals surface area contributed by atoms with E-state index in [4.69, 9.17) is 4.42 Å². The van der Waals surface area contributed by atoms with E-state index in [-0.39, 0.29) is 12.3 Å². The zero-order valence-corrected chi connectivity index (χ0v) is 15.8. The van der Waals surface area contributed by atoms with Gasteiger partial charge < -0.3 is 9.73 Å². The summed E-state index contributed by atoms with van der Waals surface area (Å²) >= 11 is 0. The third kappa shape index (κ3) is 3.87. The predicted octanol–water partition coefficient (Wildman–Crippen LogP) is 4.65. The van der Waals surface area contributed by atoms with Crippen molar-refractivity contribution in [2.45, 2.75) is 26.4 Å². The van der Waals surface area contributed by atoms with Crippen molar-refractivity contribution >= 4 is 17.3 Å². The summed E-state index contributed by atoms with van der Waals surface area (Å²) in [6, 6.07) is 10.7. The maximum absolute atomic E-state index is 13.7. The maximum Gasteiger partial charge on any atom is 0.246 e. The van der Waals surface area contributed by atoms with Crippen LogP contribution in [0.2, 0.25) is 0 Å². The minimum atomic E-state index is -1.29. The van der Waals surface area contributed by atoms with Crippen LogP contribution in [0.3, 0.4) is 0 Å². The quantitative estimate of drug-likeness (QED) is 0.533. The molecule has 0 saturated heterocycles. The lowest BCUT2D eigenvalue weighted by Gasteiger charge is -2.11. The monoisotopic (exact) mass is 396 g/mol. The Hall–Kier alpha value is -3.55. The minimum absolute atomic E-state index is 0.124. The van der Waals surface area contributed by atoms with E-state index in [9.17, 15) is 13.6 Å². The van der Waals surface area contributed by atoms with E-state index in [0.717, 1.165) is 11.4 Å². The fourth-order valence-electron chi connectivity index (χ4n) is 3.13. The van der Waals surface area contributed by atoms with Crippen molar-refractivity contribution in [2.75, 3.05) is 5.32 Å². The summed E-state index contributed by atoms with van der Waals surface area (Å²) in [6.45, 7) is 3.18. The second-order valence-corrected chi connectivity index (χ2v) is 6.72. The molecule has 0 radical (unpaired) electrons. The first-order chi connectivity index (χ1) is 13.9. The number of carbonyl (C=O) groups is 1. The number of rotatable bonds is 5. The first kappa shape index (κ1) is 18.8. The molecular formula is C21H18F2N4O2. The zero-order chi connectivity index (χ0) is 20.5. The summed E-state index contributed by atoms with van der Waals surface area (Å²) in [6.07, 6.45) is 0.184. The van der Waals surface area contributed by atoms with E-state index >= 15 is 0 Å². The molecule has 0 bridgehead atoms. The number of nitrogens with one attached hydrogen (secondary N) is 1. The molecule has 0 saturated carbocycles. The molecule has 6 nitrogen and oxygen atoms in total. The lowest BCUT2D eigenvalue weighted by molar-refractivity contribution is -0.115. The van der Waals surface area contributed by atoms with E-state index in [1.54, 1.807) is 35.0 Å². The largest absolute Gasteiger partial charge is 0.417 e. The second-order valence-electron chi connectivity index (χ2n) is 6.72. The molecule has 1 amide bonds. The summed E-state index contributed by atoms with van der Waals surface area (Å²) in [7, 11) is 0. The number of nitrogens with zero attached hydrogens (tertiary/aromatic N) is 3. The van der Waals surface area contributed by atoms with Crippen LogP contribution >= 0.6 is 0 Å². The molecule has 2 aromatic heterocycles. The van der Waals surface area contributed by atoms with Crippen LogP contribution in [-0.4, -0.2) is 20.5 Å². The Morgan fingerprint density at radius 2 is 2.00 bits per heavy atom. The van der Waals surface area contributed by atoms with E-state index in [1.165, 1.54) is 25.1 Å². The van der Waals surface area contributed by atoms with Crippen molar-refractivity contribution in [1.82, 2.24) is 14.6 Å². The van der Waals surface area contributed by atoms with E-state index < -0.39 is 12.0 Å². The molecule has 2 aromatic carbocycles. The van der Waals surface area contributed by atoms with Crippen LogP contribution in [0.5, 0.6) is 0 Å². The highest BCUT2D eigenvalue weighted by molar-refractivity contribution is 5.92. The molecule has 1 atom stereocenters. The number of hydrogen-bond acceptors (Lipinski definition) is 4. The molecule has 0 aliphatic carbocycles. The summed E-state index contributed by atoms with van der Waals surface area (Å²) in [5, 5.41) is 7.09. The molecular weight excluding hydrogens is 378 g/mol. The van der Waals surface area contributed by atoms with Gasteiger partial charge in [-0.1, -0.05) is 6.07 Å². The van der Waals surface area contributed by atoms with E-state index in [1.807, 2.05) is 6.92 Å². The first-order valence-electron chi connectivity index (χ1n) is 9.04. The van der Waals surface area contributed by atoms with Gasteiger partial charge in [0.05, 0.1) is 12.6 Å². The summed E-state index contributed by atoms with van der Waals surface area (Å²) in [4.78, 5) is 16.5. The number of aromatic nitrogens is 3. The van der Waals surface area contributed by atoms with Crippen molar-refractivity contribution in [1.29, 1.82) is 0 Å². The van der Waals surface area contributed by atoms with Crippen LogP contribution in [0.4, 0.5) is 14.5 Å². The third-order valence-electron chi connectivity index (χ3n) is 4.57. The average Bonchev–Trinajstić information content (AvgIpc) is 3.24. The summed E-state index contributed by atoms with van der Waals surface area (Å²) in [5.74, 6) is 0.287. The van der Waals surface area contributed by atoms with Crippen LogP contribution in [0.25, 0.3) is 17.2 Å². The van der Waals surface area contributed by atoms with Gasteiger partial charge >= 0.3 is 0 Å². The predicted molar refractivity (Wildman–Crippen MR) is 104 cm³/mol. The molecule has 1 N–H and O–H groups in total. The molecule has 4 aromatic rings. The van der Waals surface area contributed by atoms with Crippen LogP contribution < -0.4 is 5.32 Å². The number of alkyl halides is 1. The van der Waals surface area contributed by atoms with Crippen molar-refractivity contribution < 1.29 is 18.0 Å². The fraction of sp³-hybridized carbons (Fsp3) is 0.190. The number of anilines is 1. The van der Waals surface area contributed by atoms with E-state index in [0.29, 0.717) is 28.4 Å². The number of amides is 1. The van der Waals surface area contributed by atoms with Gasteiger partial charge in [0.25, 0.3) is 0 Å². The van der Waals surface area contributed by atoms with Gasteiger partial charge in [-0.15, -0.1) is 5.10 Å². The van der Waals surface area contributed by atoms with Crippen LogP contribution in [0, 0.1) is 12.7 Å². The van der Waals surface area contributed by atoms with E-state index in [2.05, 4.69) is 15.4 Å². The lowest BCUT2D eigenvalue weighted by Crippen LogP contribution is -2.15. The zero-order valence-electron chi connectivity index (χ0n) is 15.8. The van der Waals surface area contributed by atoms with Crippen LogP contribution in [0.1, 0.15) is 30.0 Å². The maximum atomic E-state index is 13.7. The van der Waals surface area contributed by atoms with Crippen molar-refractivity contribution in [2.24, 2.45) is 0 Å². The summed E-state index contributed by atoms with van der Waals surface area (Å²) < 4.78 is 34.5. The Morgan fingerprint density at radius 1 is 1.24 bits per heavy atom. The van der Waals surface area contributed by atoms with Gasteiger partial charge in [0.15, 0.2) is 0 Å². The Balaban J connectivity index is 1.47. The average molecular weight is 396 g/mol. The van der Waals surface area contributed by atoms with Gasteiger partial charge in [-0.2, -0.15) is 4.52 Å². The molecule has 0 fully saturated rings. The van der Waals surface area contributed by atoms with Gasteiger partial charge in [-0.3, -0.25) is 4.79 Å². The number of halogens is 2. The molecule has 0 aliphatic heterocycles. The first-order valence-corrected chi connectivity index (χ1v) is 9.04. The summed E-state index contributed by atoms with van der Waals surface area (Å²) in [5.41, 5.74) is 2.48. The Morgan fingerprint density at radius 3 is 2.69 bits per heavy atom. The third-order valence-corrected chi connectivity index (χ3v) is 4.57. The number of aryl methyl sites for hydroxylation is 1. The van der Waals surface area contributed by atoms with Gasteiger partial charge in [0, 0.05) is 11.3 Å². The van der Waals surface area contributed by atoms with Crippen molar-refractivity contribution in [3.05, 3.63) is 71.4 Å². The van der Waals surface area contributed by atoms with Gasteiger partial charge in [0.1, 0.15) is 17.8 Å². The molecule has 29 heavy (non-hydrogen) atoms. The van der Waals surface area contributed by atoms with Crippen LogP contribution in [-0.2, 0) is 11.2 Å². The SMILES string of the molecule is Cc1ncc2oc(-c3ccc(NC(=O)Cc4cc(F)ccc4C(C)F)cc3)nn12. The molecule has 1 unspecified atom stereocenters. The molecule has 0 spiro atoms. The highest BCUT2D eigenvalue weighted by Gasteiger charge is 2.15. The van der Waals surface area contributed by atoms with Gasteiger partial charge in [-0.05, 0) is 61.4 Å². The highest BCUT2D eigenvalue weighted by atomic mass is 19.1. The van der Waals surface area contributed by atoms with Crippen LogP contribution in [0.15, 0.2) is 53.1 Å². The molecule has 2 heterocycles. The smallest absolute Gasteiger partial charge is 0.246 e. The lowest BCUT2D eigenvalue weighted by atomic mass is 10.0. The van der Waals surface area contributed by atoms with Crippen molar-refractivity contribution in [3.8, 4) is 11.5 Å². The second kappa shape index (κ2) is 7.46. The molecule has 0 aliphatic rings. The Labute approximate surface area is 165 Å². The van der Waals surface area contributed by atoms with Gasteiger partial charge in [-0.25, -0.2) is 13.8 Å². The number of benzene rings is 2. The standard InChI is InChI=1S/C21H18F2N4O2/c1-12(22)18-8-5-16(23)9-15(18)10-19(28)25-17-6-3-14(4-7-17)21-26-27-13(2)24-11-20(27)29-21/h3-9,11-12H,10H2,1-2H3,(H,25,28). The minimum Gasteiger partial charge on any atom is -0.417 e. The highest BCUT2D eigenvalue weighted by Crippen LogP contribution is 2.24. The van der Waals surface area contributed by atoms with Gasteiger partial charge in [0.2, 0.25) is 17.5 Å².